The first-order valence-corrected chi connectivity index (χ1v) is 15.3. The van der Waals surface area contributed by atoms with Crippen LogP contribution >= 0.6 is 0 Å². The van der Waals surface area contributed by atoms with Crippen LogP contribution in [0.2, 0.25) is 0 Å². The zero-order valence-corrected chi connectivity index (χ0v) is 24.5. The fourth-order valence-electron chi connectivity index (χ4n) is 5.02. The lowest BCUT2D eigenvalue weighted by Gasteiger charge is -2.21. The number of hydrogen-bond acceptors (Lipinski definition) is 7. The lowest BCUT2D eigenvalue weighted by molar-refractivity contribution is 0.0939. The van der Waals surface area contributed by atoms with Gasteiger partial charge >= 0.3 is 0 Å². The highest BCUT2D eigenvalue weighted by Gasteiger charge is 2.26. The van der Waals surface area contributed by atoms with Crippen molar-refractivity contribution in [2.24, 2.45) is 0 Å². The number of fused-ring (bicyclic) bond motifs is 1. The van der Waals surface area contributed by atoms with Crippen molar-refractivity contribution in [1.29, 1.82) is 0 Å². The molecule has 4 N–H and O–H groups in total. The number of amides is 1. The molecule has 0 saturated heterocycles. The summed E-state index contributed by atoms with van der Waals surface area (Å²) in [6.45, 7) is 1.90. The van der Waals surface area contributed by atoms with Crippen molar-refractivity contribution in [2.75, 3.05) is 10.5 Å². The predicted octanol–water partition coefficient (Wildman–Crippen LogP) is 5.90. The van der Waals surface area contributed by atoms with Gasteiger partial charge in [0.25, 0.3) is 15.9 Å². The minimum Gasteiger partial charge on any atom is -0.384 e. The van der Waals surface area contributed by atoms with Crippen molar-refractivity contribution in [2.45, 2.75) is 17.9 Å². The van der Waals surface area contributed by atoms with E-state index in [2.05, 4.69) is 25.0 Å². The van der Waals surface area contributed by atoms with Crippen LogP contribution in [0.15, 0.2) is 126 Å². The average Bonchev–Trinajstić information content (AvgIpc) is 3.04. The number of anilines is 2. The highest BCUT2D eigenvalue weighted by molar-refractivity contribution is 7.92. The minimum absolute atomic E-state index is 0.0228. The van der Waals surface area contributed by atoms with Crippen molar-refractivity contribution in [1.82, 2.24) is 20.3 Å². The smallest absolute Gasteiger partial charge is 0.263 e. The molecule has 0 aliphatic carbocycles. The monoisotopic (exact) mass is 600 g/mol. The molecule has 0 unspecified atom stereocenters. The standard InChI is InChI=1S/C34H28N6O3S/c1-22-11-10-20-36-30(22)27-21-25-18-19-29(35)38-32(25)33(37-27)40-44(42,43)28-17-9-8-16-26(28)34(41)39-31(23-12-4-2-5-13-23)24-14-6-3-7-15-24/h2-21,31H,1H3,(H2,35,38)(H,37,40)(H,39,41). The van der Waals surface area contributed by atoms with E-state index in [1.165, 1.54) is 12.1 Å². The Hall–Kier alpha value is -5.61. The third-order valence-corrected chi connectivity index (χ3v) is 8.54. The van der Waals surface area contributed by atoms with Gasteiger partial charge in [-0.15, -0.1) is 0 Å². The van der Waals surface area contributed by atoms with Crippen molar-refractivity contribution >= 4 is 38.5 Å². The van der Waals surface area contributed by atoms with Gasteiger partial charge in [-0.25, -0.2) is 18.4 Å². The second-order valence-corrected chi connectivity index (χ2v) is 11.8. The molecule has 0 saturated carbocycles. The average molecular weight is 601 g/mol. The summed E-state index contributed by atoms with van der Waals surface area (Å²) in [6.07, 6.45) is 1.65. The summed E-state index contributed by atoms with van der Waals surface area (Å²) in [5.41, 5.74) is 9.83. The Labute approximate surface area is 254 Å². The van der Waals surface area contributed by atoms with Crippen LogP contribution in [0, 0.1) is 6.92 Å². The molecule has 6 rings (SSSR count). The lowest BCUT2D eigenvalue weighted by Crippen LogP contribution is -2.31. The molecule has 0 atom stereocenters. The maximum atomic E-state index is 14.0. The van der Waals surface area contributed by atoms with E-state index < -0.39 is 22.0 Å². The number of hydrogen-bond donors (Lipinski definition) is 3. The Balaban J connectivity index is 1.39. The molecule has 3 aromatic heterocycles. The molecular formula is C34H28N6O3S. The highest BCUT2D eigenvalue weighted by Crippen LogP contribution is 2.30. The van der Waals surface area contributed by atoms with Gasteiger partial charge in [0.1, 0.15) is 16.2 Å². The number of rotatable bonds is 8. The zero-order valence-electron chi connectivity index (χ0n) is 23.7. The van der Waals surface area contributed by atoms with E-state index in [4.69, 9.17) is 5.73 Å². The maximum absolute atomic E-state index is 14.0. The number of nitrogen functional groups attached to an aromatic ring is 1. The van der Waals surface area contributed by atoms with E-state index >= 15 is 0 Å². The van der Waals surface area contributed by atoms with Gasteiger partial charge in [-0.3, -0.25) is 14.5 Å². The van der Waals surface area contributed by atoms with Gasteiger partial charge in [-0.2, -0.15) is 0 Å². The van der Waals surface area contributed by atoms with Gasteiger partial charge in [0.2, 0.25) is 0 Å². The van der Waals surface area contributed by atoms with E-state index in [1.54, 1.807) is 36.5 Å². The van der Waals surface area contributed by atoms with Gasteiger partial charge < -0.3 is 11.1 Å². The van der Waals surface area contributed by atoms with Gasteiger partial charge in [-0.05, 0) is 60.0 Å². The number of nitrogens with one attached hydrogen (secondary N) is 2. The molecule has 9 nitrogen and oxygen atoms in total. The number of nitrogens with zero attached hydrogens (tertiary/aromatic N) is 3. The topological polar surface area (TPSA) is 140 Å². The molecule has 6 aromatic rings. The van der Waals surface area contributed by atoms with Crippen molar-refractivity contribution < 1.29 is 13.2 Å². The number of benzene rings is 3. The minimum atomic E-state index is -4.34. The third kappa shape index (κ3) is 5.83. The Bertz CT molecular complexity index is 2050. The number of carbonyl (C=O) groups excluding carboxylic acids is 1. The molecule has 0 fully saturated rings. The summed E-state index contributed by atoms with van der Waals surface area (Å²) in [7, 11) is -4.34. The first-order chi connectivity index (χ1) is 21.3. The molecule has 0 aliphatic heterocycles. The quantitative estimate of drug-likeness (QED) is 0.198. The maximum Gasteiger partial charge on any atom is 0.263 e. The van der Waals surface area contributed by atoms with Crippen LogP contribution in [0.3, 0.4) is 0 Å². The summed E-state index contributed by atoms with van der Waals surface area (Å²) >= 11 is 0. The molecule has 0 spiro atoms. The highest BCUT2D eigenvalue weighted by atomic mass is 32.2. The van der Waals surface area contributed by atoms with Crippen LogP contribution in [0.25, 0.3) is 22.3 Å². The van der Waals surface area contributed by atoms with Gasteiger partial charge in [0.05, 0.1) is 23.0 Å². The first-order valence-electron chi connectivity index (χ1n) is 13.8. The van der Waals surface area contributed by atoms with Gasteiger partial charge in [0, 0.05) is 11.6 Å². The Morgan fingerprint density at radius 2 is 1.45 bits per heavy atom. The van der Waals surface area contributed by atoms with E-state index in [0.29, 0.717) is 16.8 Å². The normalized spacial score (nSPS) is 11.4. The van der Waals surface area contributed by atoms with Crippen LogP contribution in [-0.4, -0.2) is 29.3 Å². The molecule has 218 valence electrons. The van der Waals surface area contributed by atoms with Crippen LogP contribution in [0.5, 0.6) is 0 Å². The SMILES string of the molecule is Cc1cccnc1-c1cc2ccc(N)nc2c(NS(=O)(=O)c2ccccc2C(=O)NC(c2ccccc2)c2ccccc2)n1. The largest absolute Gasteiger partial charge is 0.384 e. The number of nitrogens with two attached hydrogens (primary N) is 1. The molecule has 0 aliphatic rings. The lowest BCUT2D eigenvalue weighted by atomic mass is 9.98. The molecule has 10 heteroatoms. The van der Waals surface area contributed by atoms with E-state index in [0.717, 1.165) is 16.7 Å². The van der Waals surface area contributed by atoms with Crippen LogP contribution in [0.1, 0.15) is 33.1 Å². The molecule has 3 heterocycles. The summed E-state index contributed by atoms with van der Waals surface area (Å²) in [5, 5.41) is 3.65. The molecule has 3 aromatic carbocycles. The van der Waals surface area contributed by atoms with E-state index in [1.807, 2.05) is 79.7 Å². The summed E-state index contributed by atoms with van der Waals surface area (Å²) in [6, 6.07) is 33.4. The van der Waals surface area contributed by atoms with Crippen molar-refractivity contribution in [3.8, 4) is 11.4 Å². The fraction of sp³-hybridized carbons (Fsp3) is 0.0588. The summed E-state index contributed by atoms with van der Waals surface area (Å²) in [4.78, 5) is 27.0. The molecule has 1 amide bonds. The predicted molar refractivity (Wildman–Crippen MR) is 171 cm³/mol. The van der Waals surface area contributed by atoms with E-state index in [9.17, 15) is 13.2 Å². The van der Waals surface area contributed by atoms with Crippen molar-refractivity contribution in [3.63, 3.8) is 0 Å². The number of pyridine rings is 3. The number of sulfonamides is 1. The number of aryl methyl sites for hydroxylation is 1. The van der Waals surface area contributed by atoms with Crippen LogP contribution < -0.4 is 15.8 Å². The zero-order chi connectivity index (χ0) is 30.7. The van der Waals surface area contributed by atoms with Crippen LogP contribution in [0.4, 0.5) is 11.6 Å². The third-order valence-electron chi connectivity index (χ3n) is 7.14. The van der Waals surface area contributed by atoms with Crippen LogP contribution in [-0.2, 0) is 10.0 Å². The fourth-order valence-corrected chi connectivity index (χ4v) is 6.23. The Kier molecular flexibility index (Phi) is 7.74. The number of carbonyl (C=O) groups is 1. The summed E-state index contributed by atoms with van der Waals surface area (Å²) < 4.78 is 30.6. The molecular weight excluding hydrogens is 572 g/mol. The Morgan fingerprint density at radius 3 is 2.14 bits per heavy atom. The van der Waals surface area contributed by atoms with Gasteiger partial charge in [0.15, 0.2) is 5.82 Å². The molecule has 0 radical (unpaired) electrons. The van der Waals surface area contributed by atoms with Gasteiger partial charge in [-0.1, -0.05) is 78.9 Å². The first kappa shape index (κ1) is 28.5. The second-order valence-electron chi connectivity index (χ2n) is 10.2. The van der Waals surface area contributed by atoms with Crippen molar-refractivity contribution in [3.05, 3.63) is 144 Å². The number of aromatic nitrogens is 3. The second kappa shape index (κ2) is 11.9. The van der Waals surface area contributed by atoms with E-state index in [-0.39, 0.29) is 27.6 Å². The molecule has 0 bridgehead atoms. The molecule has 44 heavy (non-hydrogen) atoms. The Morgan fingerprint density at radius 1 is 0.795 bits per heavy atom. The summed E-state index contributed by atoms with van der Waals surface area (Å²) in [5.74, 6) is -0.382.